The molecule has 0 fully saturated rings. The van der Waals surface area contributed by atoms with Gasteiger partial charge >= 0.3 is 6.18 Å². The summed E-state index contributed by atoms with van der Waals surface area (Å²) in [7, 11) is 0. The lowest BCUT2D eigenvalue weighted by Gasteiger charge is -2.22. The second-order valence-electron chi connectivity index (χ2n) is 16.0. The molecule has 2 heterocycles. The Morgan fingerprint density at radius 1 is 0.365 bits per heavy atom. The molecular weight excluding hydrogens is 822 g/mol. The molecule has 0 bridgehead atoms. The molecule has 0 radical (unpaired) electrons. The molecule has 0 spiro atoms. The lowest BCUT2D eigenvalue weighted by atomic mass is 9.81. The zero-order chi connectivity index (χ0) is 42.4. The highest BCUT2D eigenvalue weighted by Crippen LogP contribution is 2.50. The van der Waals surface area contributed by atoms with Crippen LogP contribution >= 0.6 is 22.7 Å². The summed E-state index contributed by atoms with van der Waals surface area (Å²) in [6.07, 6.45) is -4.41. The fourth-order valence-electron chi connectivity index (χ4n) is 9.36. The van der Waals surface area contributed by atoms with Crippen LogP contribution in [-0.2, 0) is 6.18 Å². The Kier molecular flexibility index (Phi) is 8.61. The number of halogens is 3. The zero-order valence-electron chi connectivity index (χ0n) is 33.7. The standard InChI is InChI=1S/C56H33F3N2S2/c1-32-18-28-46-48(30-32)62-54(60-46)35-23-19-33(20-24-35)50-38-10-2-6-14-42(38)52(43-15-7-3-11-39(43)50)53-44-16-8-4-12-40(44)51(41-13-5-9-17-45(41)53)34-21-25-36(26-22-34)55-61-47-29-27-37(56(57,58)59)31-49(47)63-55/h2-31H,1H3. The molecule has 0 unspecified atom stereocenters. The van der Waals surface area contributed by atoms with Crippen molar-refractivity contribution in [2.75, 3.05) is 0 Å². The summed E-state index contributed by atoms with van der Waals surface area (Å²) in [4.78, 5) is 9.67. The Morgan fingerprint density at radius 3 is 1.08 bits per heavy atom. The summed E-state index contributed by atoms with van der Waals surface area (Å²) in [6, 6.07) is 62.3. The Balaban J connectivity index is 1.02. The third-order valence-electron chi connectivity index (χ3n) is 12.2. The molecule has 300 valence electrons. The summed E-state index contributed by atoms with van der Waals surface area (Å²) < 4.78 is 42.2. The SMILES string of the molecule is Cc1ccc2nc(-c3ccc(-c4c5ccccc5c(-c5c6ccccc6c(-c6ccc(-c7nc8ccc(C(F)(F)F)cc8s7)cc6)c6ccccc56)c5ccccc45)cc3)sc2c1. The minimum absolute atomic E-state index is 0.512. The van der Waals surface area contributed by atoms with Gasteiger partial charge in [0.1, 0.15) is 10.0 Å². The number of fused-ring (bicyclic) bond motifs is 6. The Morgan fingerprint density at radius 2 is 0.698 bits per heavy atom. The Bertz CT molecular complexity index is 3670. The van der Waals surface area contributed by atoms with Crippen LogP contribution in [0.3, 0.4) is 0 Å². The summed E-state index contributed by atoms with van der Waals surface area (Å²) in [5.74, 6) is 0. The summed E-state index contributed by atoms with van der Waals surface area (Å²) in [6.45, 7) is 2.12. The van der Waals surface area contributed by atoms with E-state index in [9.17, 15) is 13.2 Å². The predicted octanol–water partition coefficient (Wildman–Crippen LogP) is 17.2. The molecule has 2 nitrogen and oxygen atoms in total. The molecule has 2 aromatic heterocycles. The maximum absolute atomic E-state index is 13.5. The first-order valence-corrected chi connectivity index (χ1v) is 22.3. The van der Waals surface area contributed by atoms with E-state index in [1.807, 2.05) is 12.1 Å². The lowest BCUT2D eigenvalue weighted by Crippen LogP contribution is -2.03. The third kappa shape index (κ3) is 6.22. The molecule has 12 aromatic rings. The molecule has 0 amide bonds. The maximum Gasteiger partial charge on any atom is 0.416 e. The smallest absolute Gasteiger partial charge is 0.236 e. The summed E-state index contributed by atoms with van der Waals surface area (Å²) >= 11 is 3.01. The van der Waals surface area contributed by atoms with Crippen molar-refractivity contribution in [3.8, 4) is 54.5 Å². The molecule has 0 aliphatic carbocycles. The van der Waals surface area contributed by atoms with Crippen LogP contribution in [0.25, 0.3) is 118 Å². The van der Waals surface area contributed by atoms with Gasteiger partial charge in [0, 0.05) is 11.1 Å². The van der Waals surface area contributed by atoms with Crippen molar-refractivity contribution in [1.29, 1.82) is 0 Å². The van der Waals surface area contributed by atoms with Crippen molar-refractivity contribution in [2.45, 2.75) is 13.1 Å². The van der Waals surface area contributed by atoms with E-state index in [-0.39, 0.29) is 0 Å². The van der Waals surface area contributed by atoms with E-state index < -0.39 is 11.7 Å². The van der Waals surface area contributed by atoms with Gasteiger partial charge in [0.2, 0.25) is 0 Å². The molecule has 0 saturated carbocycles. The average Bonchev–Trinajstić information content (AvgIpc) is 3.94. The van der Waals surface area contributed by atoms with Crippen molar-refractivity contribution in [1.82, 2.24) is 9.97 Å². The van der Waals surface area contributed by atoms with Gasteiger partial charge in [-0.15, -0.1) is 22.7 Å². The van der Waals surface area contributed by atoms with Crippen LogP contribution in [0, 0.1) is 6.92 Å². The number of hydrogen-bond donors (Lipinski definition) is 0. The molecule has 10 aromatic carbocycles. The average molecular weight is 855 g/mol. The van der Waals surface area contributed by atoms with Crippen molar-refractivity contribution >= 4 is 86.2 Å². The summed E-state index contributed by atoms with van der Waals surface area (Å²) in [5.41, 5.74) is 11.0. The van der Waals surface area contributed by atoms with E-state index in [1.165, 1.54) is 72.0 Å². The van der Waals surface area contributed by atoms with Crippen molar-refractivity contribution in [3.05, 3.63) is 193 Å². The first-order chi connectivity index (χ1) is 30.8. The number of alkyl halides is 3. The van der Waals surface area contributed by atoms with Gasteiger partial charge in [0.05, 0.1) is 26.0 Å². The van der Waals surface area contributed by atoms with Crippen LogP contribution in [0.4, 0.5) is 13.2 Å². The van der Waals surface area contributed by atoms with Gasteiger partial charge in [0.15, 0.2) is 0 Å². The number of hydrogen-bond acceptors (Lipinski definition) is 4. The van der Waals surface area contributed by atoms with E-state index in [2.05, 4.69) is 159 Å². The van der Waals surface area contributed by atoms with E-state index in [1.54, 1.807) is 11.3 Å². The molecule has 63 heavy (non-hydrogen) atoms. The maximum atomic E-state index is 13.5. The molecule has 0 aliphatic rings. The number of rotatable bonds is 5. The van der Waals surface area contributed by atoms with Gasteiger partial charge in [-0.25, -0.2) is 9.97 Å². The Hall–Kier alpha value is -7.19. The first kappa shape index (κ1) is 37.6. The molecular formula is C56H33F3N2S2. The fraction of sp³-hybridized carbons (Fsp3) is 0.0357. The van der Waals surface area contributed by atoms with Gasteiger partial charge in [-0.2, -0.15) is 13.2 Å². The molecule has 0 saturated heterocycles. The van der Waals surface area contributed by atoms with Crippen LogP contribution < -0.4 is 0 Å². The number of aryl methyl sites for hydroxylation is 1. The normalized spacial score (nSPS) is 12.1. The van der Waals surface area contributed by atoms with E-state index in [0.29, 0.717) is 15.2 Å². The van der Waals surface area contributed by atoms with E-state index in [0.717, 1.165) is 66.0 Å². The number of thiazole rings is 2. The third-order valence-corrected chi connectivity index (χ3v) is 14.3. The predicted molar refractivity (Wildman–Crippen MR) is 260 cm³/mol. The van der Waals surface area contributed by atoms with E-state index in [4.69, 9.17) is 9.97 Å². The Labute approximate surface area is 368 Å². The van der Waals surface area contributed by atoms with Gasteiger partial charge in [-0.05, 0) is 119 Å². The lowest BCUT2D eigenvalue weighted by molar-refractivity contribution is -0.137. The van der Waals surface area contributed by atoms with Crippen LogP contribution in [0.2, 0.25) is 0 Å². The van der Waals surface area contributed by atoms with E-state index >= 15 is 0 Å². The highest BCUT2D eigenvalue weighted by molar-refractivity contribution is 7.22. The molecule has 0 N–H and O–H groups in total. The van der Waals surface area contributed by atoms with Crippen molar-refractivity contribution < 1.29 is 13.2 Å². The monoisotopic (exact) mass is 854 g/mol. The van der Waals surface area contributed by atoms with Crippen LogP contribution in [-0.4, -0.2) is 9.97 Å². The second-order valence-corrected chi connectivity index (χ2v) is 18.1. The zero-order valence-corrected chi connectivity index (χ0v) is 35.3. The molecule has 0 aliphatic heterocycles. The van der Waals surface area contributed by atoms with Gasteiger partial charge < -0.3 is 0 Å². The quantitative estimate of drug-likeness (QED) is 0.161. The molecule has 0 atom stereocenters. The minimum atomic E-state index is -4.41. The molecule has 12 rings (SSSR count). The topological polar surface area (TPSA) is 25.8 Å². The van der Waals surface area contributed by atoms with Crippen LogP contribution in [0.1, 0.15) is 11.1 Å². The first-order valence-electron chi connectivity index (χ1n) is 20.7. The summed E-state index contributed by atoms with van der Waals surface area (Å²) in [5, 5.41) is 11.0. The van der Waals surface area contributed by atoms with Gasteiger partial charge in [-0.3, -0.25) is 0 Å². The van der Waals surface area contributed by atoms with Gasteiger partial charge in [-0.1, -0.05) is 152 Å². The van der Waals surface area contributed by atoms with Crippen molar-refractivity contribution in [3.63, 3.8) is 0 Å². The minimum Gasteiger partial charge on any atom is -0.236 e. The number of benzene rings is 10. The van der Waals surface area contributed by atoms with Gasteiger partial charge in [0.25, 0.3) is 0 Å². The van der Waals surface area contributed by atoms with Crippen LogP contribution in [0.15, 0.2) is 182 Å². The highest BCUT2D eigenvalue weighted by Gasteiger charge is 2.31. The second kappa shape index (κ2) is 14.4. The van der Waals surface area contributed by atoms with Crippen molar-refractivity contribution in [2.24, 2.45) is 0 Å². The van der Waals surface area contributed by atoms with Crippen LogP contribution in [0.5, 0.6) is 0 Å². The number of aromatic nitrogens is 2. The largest absolute Gasteiger partial charge is 0.416 e. The number of nitrogens with zero attached hydrogens (tertiary/aromatic N) is 2. The fourth-order valence-corrected chi connectivity index (χ4v) is 11.4. The highest BCUT2D eigenvalue weighted by atomic mass is 32.1. The molecule has 7 heteroatoms.